The summed E-state index contributed by atoms with van der Waals surface area (Å²) in [6.45, 7) is 4.13. The number of amides is 1. The third-order valence-corrected chi connectivity index (χ3v) is 6.24. The van der Waals surface area contributed by atoms with Crippen molar-refractivity contribution in [2.45, 2.75) is 64.5 Å². The number of hydrogen-bond acceptors (Lipinski definition) is 2. The highest BCUT2D eigenvalue weighted by Gasteiger charge is 2.41. The van der Waals surface area contributed by atoms with Gasteiger partial charge in [0.15, 0.2) is 0 Å². The van der Waals surface area contributed by atoms with Crippen molar-refractivity contribution in [1.82, 2.24) is 14.7 Å². The van der Waals surface area contributed by atoms with Crippen molar-refractivity contribution in [2.75, 3.05) is 0 Å². The summed E-state index contributed by atoms with van der Waals surface area (Å²) in [4.78, 5) is 14.9. The second-order valence-electron chi connectivity index (χ2n) is 8.43. The predicted molar refractivity (Wildman–Crippen MR) is 103 cm³/mol. The van der Waals surface area contributed by atoms with Crippen LogP contribution in [0.2, 0.25) is 0 Å². The molecule has 0 spiro atoms. The maximum atomic E-state index is 14.6. The van der Waals surface area contributed by atoms with Gasteiger partial charge in [-0.2, -0.15) is 9.49 Å². The van der Waals surface area contributed by atoms with E-state index in [1.54, 1.807) is 4.90 Å². The second-order valence-corrected chi connectivity index (χ2v) is 8.43. The molecular formula is C22H26F3N3O. The molecule has 0 N–H and O–H groups in total. The second kappa shape index (κ2) is 7.50. The van der Waals surface area contributed by atoms with Crippen LogP contribution in [-0.2, 0) is 19.9 Å². The number of aryl methyl sites for hydroxylation is 2. The lowest BCUT2D eigenvalue weighted by molar-refractivity contribution is 0.0655. The lowest BCUT2D eigenvalue weighted by Gasteiger charge is -2.33. The summed E-state index contributed by atoms with van der Waals surface area (Å²) in [7, 11) is 1.23. The molecule has 7 heteroatoms. The summed E-state index contributed by atoms with van der Waals surface area (Å²) >= 11 is 0. The molecule has 0 aliphatic heterocycles. The van der Waals surface area contributed by atoms with Crippen molar-refractivity contribution >= 4 is 5.91 Å². The van der Waals surface area contributed by atoms with Gasteiger partial charge in [-0.25, -0.2) is 13.5 Å². The van der Waals surface area contributed by atoms with Crippen molar-refractivity contribution < 1.29 is 18.0 Å². The Morgan fingerprint density at radius 3 is 2.66 bits per heavy atom. The number of aromatic nitrogens is 2. The molecule has 1 fully saturated rings. The maximum Gasteiger partial charge on any atom is 0.283 e. The molecule has 0 radical (unpaired) electrons. The van der Waals surface area contributed by atoms with Gasteiger partial charge in [0.1, 0.15) is 11.3 Å². The first-order valence-electron chi connectivity index (χ1n) is 10.2. The van der Waals surface area contributed by atoms with E-state index in [0.29, 0.717) is 5.92 Å². The van der Waals surface area contributed by atoms with Gasteiger partial charge in [0, 0.05) is 13.1 Å². The summed E-state index contributed by atoms with van der Waals surface area (Å²) in [6, 6.07) is 5.75. The quantitative estimate of drug-likeness (QED) is 0.703. The van der Waals surface area contributed by atoms with Crippen LogP contribution in [0.5, 0.6) is 0 Å². The molecule has 1 aromatic heterocycles. The van der Waals surface area contributed by atoms with Crippen molar-refractivity contribution in [3.05, 3.63) is 52.1 Å². The third kappa shape index (κ3) is 3.55. The van der Waals surface area contributed by atoms with Gasteiger partial charge in [0.2, 0.25) is 5.95 Å². The number of carbonyl (C=O) groups excluding carboxylic acids is 1. The fourth-order valence-electron chi connectivity index (χ4n) is 4.54. The molecular weight excluding hydrogens is 379 g/mol. The highest BCUT2D eigenvalue weighted by molar-refractivity contribution is 5.96. The number of benzene rings is 1. The van der Waals surface area contributed by atoms with E-state index >= 15 is 0 Å². The number of hydrogen-bond donors (Lipinski definition) is 0. The van der Waals surface area contributed by atoms with Crippen LogP contribution in [0.3, 0.4) is 0 Å². The van der Waals surface area contributed by atoms with E-state index in [4.69, 9.17) is 0 Å². The van der Waals surface area contributed by atoms with E-state index in [1.165, 1.54) is 18.2 Å². The minimum atomic E-state index is -3.01. The molecule has 156 valence electrons. The molecule has 2 atom stereocenters. The first kappa shape index (κ1) is 20.0. The normalized spacial score (nSPS) is 19.9. The average Bonchev–Trinajstić information content (AvgIpc) is 3.46. The Bertz CT molecular complexity index is 936. The highest BCUT2D eigenvalue weighted by Crippen LogP contribution is 2.40. The van der Waals surface area contributed by atoms with Crippen molar-refractivity contribution in [3.63, 3.8) is 0 Å². The van der Waals surface area contributed by atoms with E-state index in [9.17, 15) is 18.0 Å². The number of halogens is 3. The van der Waals surface area contributed by atoms with Crippen LogP contribution in [-0.4, -0.2) is 26.6 Å². The SMILES string of the molecule is CC1CCc2cccc(C(C)N(C(=O)c3c(C(F)F)nn(C)c3F)C3CC3)c2C1. The fourth-order valence-corrected chi connectivity index (χ4v) is 4.54. The van der Waals surface area contributed by atoms with Crippen LogP contribution >= 0.6 is 0 Å². The minimum Gasteiger partial charge on any atom is -0.329 e. The van der Waals surface area contributed by atoms with Crippen LogP contribution in [0.25, 0.3) is 0 Å². The van der Waals surface area contributed by atoms with Crippen LogP contribution in [0.15, 0.2) is 18.2 Å². The number of nitrogens with zero attached hydrogens (tertiary/aromatic N) is 3. The van der Waals surface area contributed by atoms with Gasteiger partial charge in [-0.1, -0.05) is 25.1 Å². The van der Waals surface area contributed by atoms with E-state index < -0.39 is 29.5 Å². The lowest BCUT2D eigenvalue weighted by atomic mass is 9.81. The van der Waals surface area contributed by atoms with Gasteiger partial charge in [0.25, 0.3) is 12.3 Å². The standard InChI is InChI=1S/C22H26F3N3O/c1-12-7-8-14-5-4-6-16(17(14)11-12)13(2)28(15-9-10-15)22(29)18-19(20(23)24)26-27(3)21(18)25/h4-6,12-13,15,20H,7-11H2,1-3H3. The van der Waals surface area contributed by atoms with E-state index in [1.807, 2.05) is 19.1 Å². The molecule has 29 heavy (non-hydrogen) atoms. The predicted octanol–water partition coefficient (Wildman–Crippen LogP) is 4.99. The average molecular weight is 405 g/mol. The molecule has 4 rings (SSSR count). The summed E-state index contributed by atoms with van der Waals surface area (Å²) < 4.78 is 42.2. The number of alkyl halides is 2. The number of fused-ring (bicyclic) bond motifs is 1. The summed E-state index contributed by atoms with van der Waals surface area (Å²) in [5.74, 6) is -1.14. The lowest BCUT2D eigenvalue weighted by Crippen LogP contribution is -2.37. The van der Waals surface area contributed by atoms with Crippen LogP contribution < -0.4 is 0 Å². The van der Waals surface area contributed by atoms with Crippen LogP contribution in [0.1, 0.15) is 78.3 Å². The Morgan fingerprint density at radius 2 is 2.00 bits per heavy atom. The van der Waals surface area contributed by atoms with Crippen molar-refractivity contribution in [1.29, 1.82) is 0 Å². The zero-order chi connectivity index (χ0) is 20.9. The van der Waals surface area contributed by atoms with Gasteiger partial charge in [-0.15, -0.1) is 0 Å². The van der Waals surface area contributed by atoms with Gasteiger partial charge in [-0.05, 0) is 61.6 Å². The molecule has 0 saturated heterocycles. The van der Waals surface area contributed by atoms with Gasteiger partial charge < -0.3 is 4.90 Å². The largest absolute Gasteiger partial charge is 0.329 e. The molecule has 2 aliphatic carbocycles. The summed E-state index contributed by atoms with van der Waals surface area (Å²) in [6.07, 6.45) is 1.66. The van der Waals surface area contributed by atoms with E-state index in [0.717, 1.165) is 42.3 Å². The topological polar surface area (TPSA) is 38.1 Å². The Kier molecular flexibility index (Phi) is 5.17. The monoisotopic (exact) mass is 405 g/mol. The van der Waals surface area contributed by atoms with Gasteiger partial charge in [-0.3, -0.25) is 4.79 Å². The van der Waals surface area contributed by atoms with E-state index in [2.05, 4.69) is 18.1 Å². The molecule has 2 aromatic rings. The zero-order valence-electron chi connectivity index (χ0n) is 17.0. The molecule has 1 heterocycles. The zero-order valence-corrected chi connectivity index (χ0v) is 17.0. The van der Waals surface area contributed by atoms with Crippen molar-refractivity contribution in [3.8, 4) is 0 Å². The summed E-state index contributed by atoms with van der Waals surface area (Å²) in [5.41, 5.74) is 2.20. The van der Waals surface area contributed by atoms with Gasteiger partial charge >= 0.3 is 0 Å². The smallest absolute Gasteiger partial charge is 0.283 e. The maximum absolute atomic E-state index is 14.6. The van der Waals surface area contributed by atoms with Crippen LogP contribution in [0, 0.1) is 11.9 Å². The Labute approximate surface area is 168 Å². The Hall–Kier alpha value is -2.31. The molecule has 1 aromatic carbocycles. The number of rotatable bonds is 5. The Morgan fingerprint density at radius 1 is 1.28 bits per heavy atom. The molecule has 1 amide bonds. The Balaban J connectivity index is 1.74. The van der Waals surface area contributed by atoms with Crippen LogP contribution in [0.4, 0.5) is 13.2 Å². The molecule has 4 nitrogen and oxygen atoms in total. The number of carbonyl (C=O) groups is 1. The molecule has 2 aliphatic rings. The van der Waals surface area contributed by atoms with Gasteiger partial charge in [0.05, 0.1) is 6.04 Å². The highest BCUT2D eigenvalue weighted by atomic mass is 19.3. The molecule has 0 bridgehead atoms. The minimum absolute atomic E-state index is 0.0560. The van der Waals surface area contributed by atoms with E-state index in [-0.39, 0.29) is 12.1 Å². The third-order valence-electron chi connectivity index (χ3n) is 6.24. The fraction of sp³-hybridized carbons (Fsp3) is 0.545. The molecule has 2 unspecified atom stereocenters. The van der Waals surface area contributed by atoms with Crippen molar-refractivity contribution in [2.24, 2.45) is 13.0 Å². The first-order chi connectivity index (χ1) is 13.8. The summed E-state index contributed by atoms with van der Waals surface area (Å²) in [5, 5.41) is 3.55. The first-order valence-corrected chi connectivity index (χ1v) is 10.2. The molecule has 1 saturated carbocycles.